The summed E-state index contributed by atoms with van der Waals surface area (Å²) in [6.07, 6.45) is 2.84. The number of benzene rings is 2. The van der Waals surface area contributed by atoms with E-state index in [0.717, 1.165) is 22.0 Å². The maximum Gasteiger partial charge on any atom is 0.302 e. The Morgan fingerprint density at radius 1 is 1.10 bits per heavy atom. The molecule has 0 heterocycles. The van der Waals surface area contributed by atoms with Crippen molar-refractivity contribution < 1.29 is 9.53 Å². The molecule has 0 aromatic heterocycles. The van der Waals surface area contributed by atoms with Gasteiger partial charge < -0.3 is 4.74 Å². The summed E-state index contributed by atoms with van der Waals surface area (Å²) in [6, 6.07) is 18.2. The van der Waals surface area contributed by atoms with E-state index in [1.54, 1.807) is 0 Å². The molecule has 0 N–H and O–H groups in total. The van der Waals surface area contributed by atoms with E-state index >= 15 is 0 Å². The largest absolute Gasteiger partial charge is 0.461 e. The van der Waals surface area contributed by atoms with Crippen LogP contribution in [0.15, 0.2) is 64.6 Å². The second-order valence-electron chi connectivity index (χ2n) is 4.80. The van der Waals surface area contributed by atoms with E-state index in [9.17, 15) is 4.79 Å². The van der Waals surface area contributed by atoms with Gasteiger partial charge in [-0.25, -0.2) is 0 Å². The van der Waals surface area contributed by atoms with Gasteiger partial charge in [-0.05, 0) is 35.3 Å². The summed E-state index contributed by atoms with van der Waals surface area (Å²) < 4.78 is 6.20. The molecule has 0 saturated carbocycles. The lowest BCUT2D eigenvalue weighted by Crippen LogP contribution is -2.05. The minimum atomic E-state index is -0.259. The molecule has 2 rings (SSSR count). The van der Waals surface area contributed by atoms with E-state index in [4.69, 9.17) is 4.74 Å². The van der Waals surface area contributed by atoms with Gasteiger partial charge >= 0.3 is 5.97 Å². The first-order valence-electron chi connectivity index (χ1n) is 6.76. The third kappa shape index (κ3) is 5.56. The Balaban J connectivity index is 2.18. The topological polar surface area (TPSA) is 26.3 Å². The lowest BCUT2D eigenvalue weighted by molar-refractivity contribution is -0.139. The lowest BCUT2D eigenvalue weighted by atomic mass is 10.0. The van der Waals surface area contributed by atoms with Gasteiger partial charge in [-0.2, -0.15) is 0 Å². The molecule has 0 fully saturated rings. The lowest BCUT2D eigenvalue weighted by Gasteiger charge is -2.09. The molecule has 3 heteroatoms. The highest BCUT2D eigenvalue weighted by Gasteiger charge is 2.03. The fraction of sp³-hybridized carbons (Fsp3) is 0.167. The molecule has 0 atom stereocenters. The third-order valence-corrected chi connectivity index (χ3v) is 3.50. The molecule has 2 aromatic carbocycles. The van der Waals surface area contributed by atoms with Crippen LogP contribution < -0.4 is 0 Å². The van der Waals surface area contributed by atoms with Crippen LogP contribution in [-0.2, 0) is 16.0 Å². The van der Waals surface area contributed by atoms with Gasteiger partial charge in [0.05, 0.1) is 0 Å². The summed E-state index contributed by atoms with van der Waals surface area (Å²) in [5.41, 5.74) is 3.36. The zero-order valence-corrected chi connectivity index (χ0v) is 13.5. The van der Waals surface area contributed by atoms with Gasteiger partial charge in [-0.15, -0.1) is 0 Å². The zero-order valence-electron chi connectivity index (χ0n) is 11.9. The van der Waals surface area contributed by atoms with Crippen LogP contribution in [0.25, 0.3) is 6.08 Å². The van der Waals surface area contributed by atoms with Crippen molar-refractivity contribution in [2.24, 2.45) is 0 Å². The van der Waals surface area contributed by atoms with Crippen molar-refractivity contribution in [3.05, 3.63) is 75.8 Å². The van der Waals surface area contributed by atoms with Gasteiger partial charge in [-0.3, -0.25) is 4.79 Å². The minimum Gasteiger partial charge on any atom is -0.461 e. The van der Waals surface area contributed by atoms with E-state index in [0.29, 0.717) is 6.61 Å². The molecule has 0 amide bonds. The van der Waals surface area contributed by atoms with E-state index in [-0.39, 0.29) is 5.97 Å². The number of hydrogen-bond acceptors (Lipinski definition) is 2. The first kappa shape index (κ1) is 15.5. The standard InChI is InChI=1S/C18H17BrO2/c1-14(20)21-13-17(11-15-5-3-2-4-6-15)12-16-7-9-18(19)10-8-16/h2-10,12H,11,13H2,1H3/b17-12-. The average molecular weight is 345 g/mol. The number of halogens is 1. The zero-order chi connectivity index (χ0) is 15.1. The molecule has 2 aromatic rings. The predicted octanol–water partition coefficient (Wildman–Crippen LogP) is 4.64. The SMILES string of the molecule is CC(=O)OC/C(=C\c1ccc(Br)cc1)Cc1ccccc1. The van der Waals surface area contributed by atoms with Crippen LogP contribution in [0.3, 0.4) is 0 Å². The Morgan fingerprint density at radius 2 is 1.76 bits per heavy atom. The Bertz CT molecular complexity index is 615. The smallest absolute Gasteiger partial charge is 0.302 e. The molecule has 0 aliphatic carbocycles. The van der Waals surface area contributed by atoms with Crippen LogP contribution in [0.1, 0.15) is 18.1 Å². The van der Waals surface area contributed by atoms with Gasteiger partial charge in [0.2, 0.25) is 0 Å². The molecule has 0 spiro atoms. The molecule has 21 heavy (non-hydrogen) atoms. The molecule has 0 unspecified atom stereocenters. The van der Waals surface area contributed by atoms with Crippen molar-refractivity contribution in [3.8, 4) is 0 Å². The quantitative estimate of drug-likeness (QED) is 0.738. The molecule has 0 bridgehead atoms. The first-order valence-corrected chi connectivity index (χ1v) is 7.55. The predicted molar refractivity (Wildman–Crippen MR) is 88.9 cm³/mol. The van der Waals surface area contributed by atoms with Crippen LogP contribution in [0.2, 0.25) is 0 Å². The van der Waals surface area contributed by atoms with Crippen molar-refractivity contribution in [3.63, 3.8) is 0 Å². The number of esters is 1. The number of carbonyl (C=O) groups excluding carboxylic acids is 1. The van der Waals surface area contributed by atoms with Crippen molar-refractivity contribution in [2.75, 3.05) is 6.61 Å². The summed E-state index contributed by atoms with van der Waals surface area (Å²) in [5.74, 6) is -0.259. The summed E-state index contributed by atoms with van der Waals surface area (Å²) in [7, 11) is 0. The van der Waals surface area contributed by atoms with Gasteiger partial charge in [0.25, 0.3) is 0 Å². The maximum atomic E-state index is 11.0. The summed E-state index contributed by atoms with van der Waals surface area (Å²) >= 11 is 3.43. The second-order valence-corrected chi connectivity index (χ2v) is 5.71. The summed E-state index contributed by atoms with van der Waals surface area (Å²) in [5, 5.41) is 0. The minimum absolute atomic E-state index is 0.259. The fourth-order valence-corrected chi connectivity index (χ4v) is 2.26. The molecule has 108 valence electrons. The highest BCUT2D eigenvalue weighted by atomic mass is 79.9. The molecular weight excluding hydrogens is 328 g/mol. The highest BCUT2D eigenvalue weighted by Crippen LogP contribution is 2.16. The molecule has 0 aliphatic heterocycles. The summed E-state index contributed by atoms with van der Waals surface area (Å²) in [6.45, 7) is 1.75. The van der Waals surface area contributed by atoms with Crippen molar-refractivity contribution in [2.45, 2.75) is 13.3 Å². The Kier molecular flexibility index (Phi) is 5.76. The first-order chi connectivity index (χ1) is 10.1. The molecule has 0 radical (unpaired) electrons. The van der Waals surface area contributed by atoms with E-state index in [1.807, 2.05) is 42.5 Å². The molecule has 2 nitrogen and oxygen atoms in total. The van der Waals surface area contributed by atoms with Gasteiger partial charge in [0.15, 0.2) is 0 Å². The van der Waals surface area contributed by atoms with E-state index in [1.165, 1.54) is 12.5 Å². The van der Waals surface area contributed by atoms with Crippen LogP contribution in [0.5, 0.6) is 0 Å². The fourth-order valence-electron chi connectivity index (χ4n) is 1.99. The average Bonchev–Trinajstić information content (AvgIpc) is 2.48. The monoisotopic (exact) mass is 344 g/mol. The van der Waals surface area contributed by atoms with Crippen molar-refractivity contribution >= 4 is 28.0 Å². The number of ether oxygens (including phenoxy) is 1. The van der Waals surface area contributed by atoms with Crippen molar-refractivity contribution in [1.82, 2.24) is 0 Å². The molecule has 0 saturated heterocycles. The van der Waals surface area contributed by atoms with Crippen molar-refractivity contribution in [1.29, 1.82) is 0 Å². The van der Waals surface area contributed by atoms with E-state index < -0.39 is 0 Å². The third-order valence-electron chi connectivity index (χ3n) is 2.98. The molecule has 0 aliphatic rings. The van der Waals surface area contributed by atoms with Gasteiger partial charge in [-0.1, -0.05) is 64.5 Å². The Labute approximate surface area is 133 Å². The Hall–Kier alpha value is -1.87. The summed E-state index contributed by atoms with van der Waals surface area (Å²) in [4.78, 5) is 11.0. The second kappa shape index (κ2) is 7.79. The molecular formula is C18H17BrO2. The van der Waals surface area contributed by atoms with Crippen LogP contribution >= 0.6 is 15.9 Å². The van der Waals surface area contributed by atoms with E-state index in [2.05, 4.69) is 34.1 Å². The maximum absolute atomic E-state index is 11.0. The Morgan fingerprint density at radius 3 is 2.38 bits per heavy atom. The number of hydrogen-bond donors (Lipinski definition) is 0. The van der Waals surface area contributed by atoms with Gasteiger partial charge in [0, 0.05) is 11.4 Å². The van der Waals surface area contributed by atoms with Crippen LogP contribution in [0.4, 0.5) is 0 Å². The van der Waals surface area contributed by atoms with Crippen LogP contribution in [0, 0.1) is 0 Å². The number of carbonyl (C=O) groups is 1. The van der Waals surface area contributed by atoms with Crippen LogP contribution in [-0.4, -0.2) is 12.6 Å². The normalized spacial score (nSPS) is 11.2. The number of rotatable bonds is 5. The highest BCUT2D eigenvalue weighted by molar-refractivity contribution is 9.10. The van der Waals surface area contributed by atoms with Gasteiger partial charge in [0.1, 0.15) is 6.61 Å².